The fourth-order valence-electron chi connectivity index (χ4n) is 4.05. The first kappa shape index (κ1) is 23.7. The minimum absolute atomic E-state index is 0.00786. The lowest BCUT2D eigenvalue weighted by Gasteiger charge is -2.23. The van der Waals surface area contributed by atoms with Crippen LogP contribution < -0.4 is 4.74 Å². The smallest absolute Gasteiger partial charge is 0.261 e. The largest absolute Gasteiger partial charge is 0.495 e. The molecule has 1 heterocycles. The Morgan fingerprint density at radius 3 is 2.06 bits per heavy atom. The Bertz CT molecular complexity index is 1290. The fourth-order valence-corrected chi connectivity index (χ4v) is 5.77. The van der Waals surface area contributed by atoms with Gasteiger partial charge in [-0.2, -0.15) is 4.31 Å². The third-order valence-corrected chi connectivity index (χ3v) is 7.61. The third-order valence-electron chi connectivity index (χ3n) is 5.74. The summed E-state index contributed by atoms with van der Waals surface area (Å²) in [6, 6.07) is 20.8. The molecule has 0 atom stereocenters. The topological polar surface area (TPSA) is 84.0 Å². The predicted octanol–water partition coefficient (Wildman–Crippen LogP) is 4.09. The van der Waals surface area contributed by atoms with Crippen molar-refractivity contribution in [3.8, 4) is 5.75 Å². The first-order chi connectivity index (χ1) is 16.4. The molecule has 34 heavy (non-hydrogen) atoms. The molecule has 7 nitrogen and oxygen atoms in total. The van der Waals surface area contributed by atoms with E-state index >= 15 is 0 Å². The second-order valence-corrected chi connectivity index (χ2v) is 9.96. The molecule has 0 aromatic heterocycles. The number of carbonyl (C=O) groups is 2. The van der Waals surface area contributed by atoms with Gasteiger partial charge in [0.1, 0.15) is 10.6 Å². The van der Waals surface area contributed by atoms with Gasteiger partial charge in [-0.3, -0.25) is 14.5 Å². The molecule has 0 spiro atoms. The molecule has 0 radical (unpaired) electrons. The van der Waals surface area contributed by atoms with Gasteiger partial charge < -0.3 is 4.74 Å². The van der Waals surface area contributed by atoms with Crippen LogP contribution in [0.3, 0.4) is 0 Å². The van der Waals surface area contributed by atoms with Crippen molar-refractivity contribution in [3.63, 3.8) is 0 Å². The summed E-state index contributed by atoms with van der Waals surface area (Å²) in [5, 5.41) is 0. The van der Waals surface area contributed by atoms with Crippen molar-refractivity contribution < 1.29 is 22.7 Å². The highest BCUT2D eigenvalue weighted by Gasteiger charge is 2.35. The van der Waals surface area contributed by atoms with Crippen molar-refractivity contribution in [3.05, 3.63) is 95.1 Å². The van der Waals surface area contributed by atoms with Crippen molar-refractivity contribution in [1.29, 1.82) is 0 Å². The SMILES string of the molecule is CCCN(Cc1ccccc1)S(=O)(=O)c1cc(CN2C(=O)c3ccccc3C2=O)ccc1OC. The van der Waals surface area contributed by atoms with E-state index in [4.69, 9.17) is 4.74 Å². The molecule has 8 heteroatoms. The summed E-state index contributed by atoms with van der Waals surface area (Å²) in [6.45, 7) is 2.45. The first-order valence-electron chi connectivity index (χ1n) is 11.0. The Kier molecular flexibility index (Phi) is 6.81. The van der Waals surface area contributed by atoms with E-state index in [0.29, 0.717) is 29.7 Å². The summed E-state index contributed by atoms with van der Waals surface area (Å²) >= 11 is 0. The van der Waals surface area contributed by atoms with Crippen LogP contribution >= 0.6 is 0 Å². The zero-order valence-corrected chi connectivity index (χ0v) is 19.9. The van der Waals surface area contributed by atoms with Gasteiger partial charge in [-0.05, 0) is 41.8 Å². The van der Waals surface area contributed by atoms with Gasteiger partial charge in [0.05, 0.1) is 24.8 Å². The van der Waals surface area contributed by atoms with Crippen LogP contribution in [0, 0.1) is 0 Å². The summed E-state index contributed by atoms with van der Waals surface area (Å²) < 4.78 is 34.2. The highest BCUT2D eigenvalue weighted by molar-refractivity contribution is 7.89. The molecule has 0 aliphatic carbocycles. The summed E-state index contributed by atoms with van der Waals surface area (Å²) in [7, 11) is -2.50. The normalized spacial score (nSPS) is 13.4. The molecule has 0 N–H and O–H groups in total. The minimum Gasteiger partial charge on any atom is -0.495 e. The number of benzene rings is 3. The second-order valence-electron chi connectivity index (χ2n) is 8.05. The van der Waals surface area contributed by atoms with Crippen LogP contribution in [0.2, 0.25) is 0 Å². The van der Waals surface area contributed by atoms with Gasteiger partial charge in [0.15, 0.2) is 0 Å². The number of nitrogens with zero attached hydrogens (tertiary/aromatic N) is 2. The van der Waals surface area contributed by atoms with Crippen LogP contribution in [-0.4, -0.2) is 43.1 Å². The predicted molar refractivity (Wildman–Crippen MR) is 128 cm³/mol. The van der Waals surface area contributed by atoms with Crippen LogP contribution in [0.5, 0.6) is 5.75 Å². The lowest BCUT2D eigenvalue weighted by atomic mass is 10.1. The molecular weight excluding hydrogens is 452 g/mol. The van der Waals surface area contributed by atoms with E-state index in [9.17, 15) is 18.0 Å². The third kappa shape index (κ3) is 4.47. The lowest BCUT2D eigenvalue weighted by molar-refractivity contribution is 0.0642. The van der Waals surface area contributed by atoms with E-state index in [1.54, 1.807) is 36.4 Å². The van der Waals surface area contributed by atoms with E-state index in [1.807, 2.05) is 37.3 Å². The van der Waals surface area contributed by atoms with Gasteiger partial charge in [0, 0.05) is 13.1 Å². The zero-order valence-electron chi connectivity index (χ0n) is 19.1. The first-order valence-corrected chi connectivity index (χ1v) is 12.5. The molecule has 0 saturated carbocycles. The summed E-state index contributed by atoms with van der Waals surface area (Å²) in [6.07, 6.45) is 0.642. The molecule has 0 saturated heterocycles. The average molecular weight is 479 g/mol. The van der Waals surface area contributed by atoms with E-state index < -0.39 is 21.8 Å². The Morgan fingerprint density at radius 2 is 1.47 bits per heavy atom. The molecule has 3 aromatic rings. The van der Waals surface area contributed by atoms with E-state index in [0.717, 1.165) is 10.5 Å². The van der Waals surface area contributed by atoms with E-state index in [1.165, 1.54) is 17.5 Å². The maximum atomic E-state index is 13.7. The Morgan fingerprint density at radius 1 is 0.853 bits per heavy atom. The highest BCUT2D eigenvalue weighted by atomic mass is 32.2. The van der Waals surface area contributed by atoms with Crippen LogP contribution in [0.25, 0.3) is 0 Å². The molecule has 0 bridgehead atoms. The van der Waals surface area contributed by atoms with Crippen LogP contribution in [0.15, 0.2) is 77.7 Å². The number of hydrogen-bond acceptors (Lipinski definition) is 5. The standard InChI is InChI=1S/C26H26N2O5S/c1-3-15-27(17-19-9-5-4-6-10-19)34(31,32)24-16-20(13-14-23(24)33-2)18-28-25(29)21-11-7-8-12-22(21)26(28)30/h4-14,16H,3,15,17-18H2,1-2H3. The van der Waals surface area contributed by atoms with Crippen LogP contribution in [0.1, 0.15) is 45.2 Å². The van der Waals surface area contributed by atoms with Gasteiger partial charge in [-0.15, -0.1) is 0 Å². The highest BCUT2D eigenvalue weighted by Crippen LogP contribution is 2.31. The van der Waals surface area contributed by atoms with Gasteiger partial charge in [-0.1, -0.05) is 55.5 Å². The fraction of sp³-hybridized carbons (Fsp3) is 0.231. The summed E-state index contributed by atoms with van der Waals surface area (Å²) in [5.41, 5.74) is 2.10. The Balaban J connectivity index is 1.67. The van der Waals surface area contributed by atoms with Gasteiger partial charge in [0.2, 0.25) is 10.0 Å². The average Bonchev–Trinajstić information content (AvgIpc) is 3.09. The molecule has 0 unspecified atom stereocenters. The Hall–Kier alpha value is -3.49. The van der Waals surface area contributed by atoms with Crippen molar-refractivity contribution in [2.24, 2.45) is 0 Å². The molecule has 2 amide bonds. The molecule has 0 fully saturated rings. The number of methoxy groups -OCH3 is 1. The monoisotopic (exact) mass is 478 g/mol. The van der Waals surface area contributed by atoms with Crippen LogP contribution in [-0.2, 0) is 23.1 Å². The number of sulfonamides is 1. The van der Waals surface area contributed by atoms with Crippen molar-refractivity contribution in [2.45, 2.75) is 31.3 Å². The number of carbonyl (C=O) groups excluding carboxylic acids is 2. The molecule has 3 aromatic carbocycles. The number of amides is 2. The van der Waals surface area contributed by atoms with Crippen molar-refractivity contribution in [1.82, 2.24) is 9.21 Å². The number of ether oxygens (including phenoxy) is 1. The summed E-state index contributed by atoms with van der Waals surface area (Å²) in [4.78, 5) is 26.7. The molecule has 176 valence electrons. The number of fused-ring (bicyclic) bond motifs is 1. The molecule has 1 aliphatic rings. The van der Waals surface area contributed by atoms with E-state index in [-0.39, 0.29) is 23.7 Å². The van der Waals surface area contributed by atoms with Gasteiger partial charge >= 0.3 is 0 Å². The van der Waals surface area contributed by atoms with Gasteiger partial charge in [-0.25, -0.2) is 8.42 Å². The molecule has 1 aliphatic heterocycles. The van der Waals surface area contributed by atoms with Crippen LogP contribution in [0.4, 0.5) is 0 Å². The van der Waals surface area contributed by atoms with Gasteiger partial charge in [0.25, 0.3) is 11.8 Å². The number of rotatable bonds is 9. The summed E-state index contributed by atoms with van der Waals surface area (Å²) in [5.74, 6) is -0.574. The number of imide groups is 1. The number of hydrogen-bond donors (Lipinski definition) is 0. The maximum Gasteiger partial charge on any atom is 0.261 e. The Labute approximate surface area is 199 Å². The second kappa shape index (κ2) is 9.79. The molecule has 4 rings (SSSR count). The molecular formula is C26H26N2O5S. The maximum absolute atomic E-state index is 13.7. The van der Waals surface area contributed by atoms with Crippen molar-refractivity contribution >= 4 is 21.8 Å². The zero-order chi connectivity index (χ0) is 24.3. The lowest BCUT2D eigenvalue weighted by Crippen LogP contribution is -2.32. The van der Waals surface area contributed by atoms with Crippen molar-refractivity contribution in [2.75, 3.05) is 13.7 Å². The minimum atomic E-state index is -3.92. The van der Waals surface area contributed by atoms with E-state index in [2.05, 4.69) is 0 Å². The quantitative estimate of drug-likeness (QED) is 0.433.